The molecule has 140 valence electrons. The lowest BCUT2D eigenvalue weighted by atomic mass is 10.7. The van der Waals surface area contributed by atoms with Crippen molar-refractivity contribution in [3.8, 4) is 0 Å². The molecule has 0 aromatic heterocycles. The summed E-state index contributed by atoms with van der Waals surface area (Å²) >= 11 is -1.72. The molecule has 4 N–H and O–H groups in total. The van der Waals surface area contributed by atoms with E-state index in [2.05, 4.69) is 20.6 Å². The van der Waals surface area contributed by atoms with E-state index in [-0.39, 0.29) is 34.7 Å². The summed E-state index contributed by atoms with van der Waals surface area (Å²) in [6.45, 7) is 12.3. The average Bonchev–Trinajstić information content (AvgIpc) is 3.11. The van der Waals surface area contributed by atoms with Crippen molar-refractivity contribution in [1.82, 2.24) is 10.6 Å². The molecule has 0 aromatic carbocycles. The van der Waals surface area contributed by atoms with Crippen molar-refractivity contribution in [2.24, 2.45) is 0 Å². The van der Waals surface area contributed by atoms with Crippen molar-refractivity contribution >= 4 is 54.2 Å². The number of hydrogen-bond acceptors (Lipinski definition) is 2. The lowest BCUT2D eigenvalue weighted by molar-refractivity contribution is -0.439. The number of hydrogen-bond donors (Lipinski definition) is 4. The summed E-state index contributed by atoms with van der Waals surface area (Å²) in [7, 11) is 14.8. The van der Waals surface area contributed by atoms with Crippen LogP contribution in [0.25, 0.3) is 0 Å². The van der Waals surface area contributed by atoms with Gasteiger partial charge in [0.1, 0.15) is 26.2 Å². The van der Waals surface area contributed by atoms with Crippen LogP contribution in [-0.4, -0.2) is 50.2 Å². The zero-order valence-electron chi connectivity index (χ0n) is 12.1. The van der Waals surface area contributed by atoms with Gasteiger partial charge in [-0.25, -0.2) is 30.1 Å². The number of nitrogens with one attached hydrogen (secondary N) is 4. The van der Waals surface area contributed by atoms with Crippen molar-refractivity contribution in [3.05, 3.63) is 0 Å². The van der Waals surface area contributed by atoms with Crippen LogP contribution in [0, 0.1) is 0 Å². The van der Waals surface area contributed by atoms with Gasteiger partial charge in [0.2, 0.25) is 12.7 Å². The SMILES string of the molecule is C.C.C.C1=[NH+]CCN1.C1=[NH+]CCN1.CC.CC.[Cl-].[Cl][Al]([Cl])[Cl]. The highest BCUT2D eigenvalue weighted by atomic mass is 35.8. The van der Waals surface area contributed by atoms with Crippen LogP contribution in [0.2, 0.25) is 0 Å². The first-order valence-electron chi connectivity index (χ1n) is 6.22. The zero-order valence-corrected chi connectivity index (χ0v) is 16.3. The van der Waals surface area contributed by atoms with Crippen LogP contribution in [0.3, 0.4) is 0 Å². The fourth-order valence-electron chi connectivity index (χ4n) is 0.722. The maximum Gasteiger partial charge on any atom is 0.643 e. The Bertz CT molecular complexity index is 155. The molecule has 2 rings (SSSR count). The van der Waals surface area contributed by atoms with E-state index in [1.54, 1.807) is 0 Å². The quantitative estimate of drug-likeness (QED) is 0.345. The van der Waals surface area contributed by atoms with Gasteiger partial charge < -0.3 is 12.4 Å². The molecule has 0 atom stereocenters. The molecule has 0 amide bonds. The Morgan fingerprint density at radius 3 is 1.05 bits per heavy atom. The summed E-state index contributed by atoms with van der Waals surface area (Å²) in [6, 6.07) is 0. The maximum atomic E-state index is 4.94. The molecule has 4 nitrogen and oxygen atoms in total. The standard InChI is InChI=1S/2C3H6N2.2C2H6.3CH4.Al.4ClH/c2*1-2-5-3-4-1;2*1-2;;;;;;;;/h2*3H,1-2H2,(H,4,5);2*1-2H3;3*1H4;;4*1H/q;;;;;;;+3;;;;/p-2. The minimum absolute atomic E-state index is 0. The van der Waals surface area contributed by atoms with Crippen LogP contribution >= 0.6 is 30.1 Å². The summed E-state index contributed by atoms with van der Waals surface area (Å²) in [5, 5.41) is 5.97. The van der Waals surface area contributed by atoms with Crippen LogP contribution in [0.1, 0.15) is 50.0 Å². The molecule has 0 bridgehead atoms. The largest absolute Gasteiger partial charge is 1.00 e. The van der Waals surface area contributed by atoms with Gasteiger partial charge in [0.05, 0.1) is 0 Å². The predicted octanol–water partition coefficient (Wildman–Crippen LogP) is -1.95. The Labute approximate surface area is 162 Å². The van der Waals surface area contributed by atoms with Gasteiger partial charge in [-0.2, -0.15) is 0 Å². The van der Waals surface area contributed by atoms with Gasteiger partial charge in [-0.1, -0.05) is 50.0 Å². The summed E-state index contributed by atoms with van der Waals surface area (Å²) in [5.41, 5.74) is 0. The minimum Gasteiger partial charge on any atom is -1.00 e. The highest BCUT2D eigenvalue weighted by Gasteiger charge is 2.00. The molecule has 0 fully saturated rings. The van der Waals surface area contributed by atoms with Crippen molar-refractivity contribution in [2.75, 3.05) is 26.2 Å². The van der Waals surface area contributed by atoms with Crippen LogP contribution in [0.15, 0.2) is 0 Å². The Hall–Kier alpha value is 0.632. The van der Waals surface area contributed by atoms with E-state index in [0.29, 0.717) is 0 Å². The van der Waals surface area contributed by atoms with Gasteiger partial charge in [-0.15, -0.1) is 0 Å². The summed E-state index contributed by atoms with van der Waals surface area (Å²) in [4.78, 5) is 5.97. The van der Waals surface area contributed by atoms with Crippen LogP contribution in [-0.2, 0) is 0 Å². The van der Waals surface area contributed by atoms with Gasteiger partial charge in [0.15, 0.2) is 0 Å². The first-order chi connectivity index (χ1) is 8.73. The third-order valence-electron chi connectivity index (χ3n) is 1.24. The van der Waals surface area contributed by atoms with E-state index < -0.39 is 11.4 Å². The van der Waals surface area contributed by atoms with E-state index in [4.69, 9.17) is 30.1 Å². The summed E-state index contributed by atoms with van der Waals surface area (Å²) in [6.07, 6.45) is 3.72. The monoisotopic (exact) mass is 417 g/mol. The van der Waals surface area contributed by atoms with Crippen molar-refractivity contribution in [3.63, 3.8) is 0 Å². The highest BCUT2D eigenvalue weighted by Crippen LogP contribution is 1.97. The summed E-state index contributed by atoms with van der Waals surface area (Å²) < 4.78 is 0. The average molecular weight is 419 g/mol. The van der Waals surface area contributed by atoms with E-state index in [0.717, 1.165) is 26.2 Å². The molecule has 9 heteroatoms. The molecular weight excluding hydrogens is 381 g/mol. The molecule has 2 aliphatic heterocycles. The molecule has 0 radical (unpaired) electrons. The van der Waals surface area contributed by atoms with Gasteiger partial charge >= 0.3 is 11.4 Å². The van der Waals surface area contributed by atoms with Crippen LogP contribution in [0.4, 0.5) is 0 Å². The van der Waals surface area contributed by atoms with Gasteiger partial charge in [0, 0.05) is 0 Å². The fourth-order valence-corrected chi connectivity index (χ4v) is 0.722. The van der Waals surface area contributed by atoms with E-state index in [1.807, 2.05) is 40.4 Å². The molecule has 2 aliphatic rings. The number of rotatable bonds is 0. The molecule has 0 aromatic rings. The zero-order chi connectivity index (χ0) is 14.6. The Kier molecular flexibility index (Phi) is 97.6. The molecule has 0 unspecified atom stereocenters. The van der Waals surface area contributed by atoms with Crippen LogP contribution < -0.4 is 33.0 Å². The van der Waals surface area contributed by atoms with Crippen LogP contribution in [0.5, 0.6) is 0 Å². The second-order valence-corrected chi connectivity index (χ2v) is 8.79. The lowest BCUT2D eigenvalue weighted by Gasteiger charge is -1.66. The second-order valence-electron chi connectivity index (χ2n) is 2.35. The van der Waals surface area contributed by atoms with Crippen molar-refractivity contribution in [2.45, 2.75) is 50.0 Å². The first-order valence-corrected chi connectivity index (χ1v) is 11.5. The highest BCUT2D eigenvalue weighted by molar-refractivity contribution is 7.54. The lowest BCUT2D eigenvalue weighted by Crippen LogP contribution is -3.00. The normalized spacial score (nSPS) is 10.5. The Morgan fingerprint density at radius 1 is 0.773 bits per heavy atom. The Morgan fingerprint density at radius 2 is 1.00 bits per heavy atom. The second kappa shape index (κ2) is 49.6. The maximum absolute atomic E-state index is 4.94. The fraction of sp³-hybridized carbons (Fsp3) is 0.846. The smallest absolute Gasteiger partial charge is 0.643 e. The molecular formula is C13H38AlCl4N4+. The third-order valence-corrected chi connectivity index (χ3v) is 1.24. The van der Waals surface area contributed by atoms with E-state index in [9.17, 15) is 0 Å². The number of halogens is 4. The van der Waals surface area contributed by atoms with E-state index in [1.165, 1.54) is 0 Å². The molecule has 22 heavy (non-hydrogen) atoms. The van der Waals surface area contributed by atoms with Crippen molar-refractivity contribution in [1.29, 1.82) is 0 Å². The molecule has 0 saturated heterocycles. The predicted molar refractivity (Wildman–Crippen MR) is 106 cm³/mol. The van der Waals surface area contributed by atoms with Gasteiger partial charge in [0.25, 0.3) is 0 Å². The molecule has 0 saturated carbocycles. The molecule has 0 spiro atoms. The summed E-state index contributed by atoms with van der Waals surface area (Å²) in [5.74, 6) is 0. The third kappa shape index (κ3) is 70.3. The minimum atomic E-state index is -1.72. The topological polar surface area (TPSA) is 52.0 Å². The molecule has 0 aliphatic carbocycles. The first kappa shape index (κ1) is 43.3. The van der Waals surface area contributed by atoms with E-state index >= 15 is 0 Å². The van der Waals surface area contributed by atoms with Gasteiger partial charge in [-0.05, 0) is 0 Å². The van der Waals surface area contributed by atoms with Gasteiger partial charge in [-0.3, -0.25) is 20.6 Å². The molecule has 2 heterocycles. The van der Waals surface area contributed by atoms with Crippen molar-refractivity contribution < 1.29 is 22.4 Å². The Balaban J connectivity index is -0.0000000256.